The molecule has 1 heteroatoms. The lowest BCUT2D eigenvalue weighted by Gasteiger charge is -2.25. The quantitative estimate of drug-likeness (QED) is 0.819. The summed E-state index contributed by atoms with van der Waals surface area (Å²) in [5.74, 6) is 0. The van der Waals surface area contributed by atoms with Crippen molar-refractivity contribution in [1.29, 1.82) is 0 Å². The Kier molecular flexibility index (Phi) is 3.34. The van der Waals surface area contributed by atoms with Crippen molar-refractivity contribution in [3.63, 3.8) is 0 Å². The lowest BCUT2D eigenvalue weighted by Crippen LogP contribution is -2.25. The number of hydrogen-bond acceptors (Lipinski definition) is 1. The van der Waals surface area contributed by atoms with Gasteiger partial charge in [0, 0.05) is 6.04 Å². The van der Waals surface area contributed by atoms with E-state index in [1.54, 1.807) is 0 Å². The summed E-state index contributed by atoms with van der Waals surface area (Å²) in [7, 11) is 2.08. The Hall–Kier alpha value is -0.820. The molecule has 0 aromatic heterocycles. The van der Waals surface area contributed by atoms with Gasteiger partial charge in [0.1, 0.15) is 0 Å². The van der Waals surface area contributed by atoms with Gasteiger partial charge in [0.2, 0.25) is 0 Å². The van der Waals surface area contributed by atoms with Crippen molar-refractivity contribution >= 4 is 0 Å². The van der Waals surface area contributed by atoms with Gasteiger partial charge >= 0.3 is 0 Å². The van der Waals surface area contributed by atoms with Crippen LogP contribution in [0.2, 0.25) is 0 Å². The molecule has 0 saturated heterocycles. The molecule has 1 aliphatic carbocycles. The molecule has 0 bridgehead atoms. The first-order valence-corrected chi connectivity index (χ1v) is 6.44. The van der Waals surface area contributed by atoms with Crippen molar-refractivity contribution in [1.82, 2.24) is 5.32 Å². The van der Waals surface area contributed by atoms with Gasteiger partial charge in [0.15, 0.2) is 0 Å². The van der Waals surface area contributed by atoms with Gasteiger partial charge in [0.05, 0.1) is 0 Å². The number of nitrogens with one attached hydrogen (secondary N) is 1. The first-order valence-electron chi connectivity index (χ1n) is 6.44. The van der Waals surface area contributed by atoms with E-state index in [2.05, 4.69) is 50.5 Å². The molecule has 1 saturated carbocycles. The van der Waals surface area contributed by atoms with Crippen LogP contribution in [0.5, 0.6) is 0 Å². The Morgan fingerprint density at radius 3 is 2.50 bits per heavy atom. The normalized spacial score (nSPS) is 29.6. The summed E-state index contributed by atoms with van der Waals surface area (Å²) in [6.45, 7) is 4.62. The summed E-state index contributed by atoms with van der Waals surface area (Å²) in [5, 5.41) is 3.41. The summed E-state index contributed by atoms with van der Waals surface area (Å²) in [5.41, 5.74) is 3.35. The van der Waals surface area contributed by atoms with Gasteiger partial charge < -0.3 is 5.32 Å². The monoisotopic (exact) mass is 217 g/mol. The van der Waals surface area contributed by atoms with Gasteiger partial charge in [-0.15, -0.1) is 0 Å². The van der Waals surface area contributed by atoms with E-state index in [-0.39, 0.29) is 0 Å². The molecule has 0 amide bonds. The lowest BCUT2D eigenvalue weighted by atomic mass is 9.80. The minimum absolute atomic E-state index is 0.389. The predicted octanol–water partition coefficient (Wildman–Crippen LogP) is 3.28. The van der Waals surface area contributed by atoms with Gasteiger partial charge in [-0.2, -0.15) is 0 Å². The van der Waals surface area contributed by atoms with Gasteiger partial charge in [-0.05, 0) is 49.3 Å². The third-order valence-electron chi connectivity index (χ3n) is 4.21. The summed E-state index contributed by atoms with van der Waals surface area (Å²) in [6, 6.07) is 9.93. The van der Waals surface area contributed by atoms with Crippen LogP contribution in [-0.4, -0.2) is 13.1 Å². The van der Waals surface area contributed by atoms with Gasteiger partial charge in [-0.3, -0.25) is 0 Å². The van der Waals surface area contributed by atoms with E-state index in [0.717, 1.165) is 6.42 Å². The molecule has 2 rings (SSSR count). The molecule has 2 unspecified atom stereocenters. The second-order valence-electron chi connectivity index (χ2n) is 5.34. The molecule has 0 radical (unpaired) electrons. The maximum Gasteiger partial charge on any atom is 0.00727 e. The maximum absolute atomic E-state index is 3.41. The van der Waals surface area contributed by atoms with E-state index in [0.29, 0.717) is 11.5 Å². The molecule has 0 aliphatic heterocycles. The SMILES string of the molecule is CCc1ccc(C2(C)CCC(NC)C2)cc1. The predicted molar refractivity (Wildman–Crippen MR) is 69.9 cm³/mol. The molecule has 1 aliphatic rings. The molecular formula is C15H23N. The summed E-state index contributed by atoms with van der Waals surface area (Å²) in [6.07, 6.45) is 5.03. The first-order chi connectivity index (χ1) is 7.68. The van der Waals surface area contributed by atoms with Crippen molar-refractivity contribution in [2.24, 2.45) is 0 Å². The Labute approximate surface area is 99.3 Å². The van der Waals surface area contributed by atoms with Crippen LogP contribution in [0.3, 0.4) is 0 Å². The highest BCUT2D eigenvalue weighted by Crippen LogP contribution is 2.40. The number of aryl methyl sites for hydroxylation is 1. The minimum Gasteiger partial charge on any atom is -0.317 e. The Morgan fingerprint density at radius 2 is 2.00 bits per heavy atom. The first kappa shape index (κ1) is 11.7. The maximum atomic E-state index is 3.41. The number of hydrogen-bond donors (Lipinski definition) is 1. The lowest BCUT2D eigenvalue weighted by molar-refractivity contribution is 0.466. The molecule has 2 atom stereocenters. The Bertz CT molecular complexity index is 341. The highest BCUT2D eigenvalue weighted by molar-refractivity contribution is 5.30. The number of benzene rings is 1. The second kappa shape index (κ2) is 4.58. The van der Waals surface area contributed by atoms with Crippen LogP contribution in [0.15, 0.2) is 24.3 Å². The molecule has 1 aromatic carbocycles. The number of rotatable bonds is 3. The Balaban J connectivity index is 2.17. The highest BCUT2D eigenvalue weighted by Gasteiger charge is 2.35. The second-order valence-corrected chi connectivity index (χ2v) is 5.34. The van der Waals surface area contributed by atoms with Crippen molar-refractivity contribution in [3.05, 3.63) is 35.4 Å². The van der Waals surface area contributed by atoms with E-state index in [1.165, 1.54) is 30.4 Å². The van der Waals surface area contributed by atoms with Gasteiger partial charge in [-0.1, -0.05) is 38.1 Å². The van der Waals surface area contributed by atoms with Crippen LogP contribution in [-0.2, 0) is 11.8 Å². The van der Waals surface area contributed by atoms with Crippen LogP contribution in [0.25, 0.3) is 0 Å². The molecule has 0 heterocycles. The fourth-order valence-electron chi connectivity index (χ4n) is 2.89. The molecule has 16 heavy (non-hydrogen) atoms. The van der Waals surface area contributed by atoms with E-state index >= 15 is 0 Å². The fourth-order valence-corrected chi connectivity index (χ4v) is 2.89. The summed E-state index contributed by atoms with van der Waals surface area (Å²) < 4.78 is 0. The van der Waals surface area contributed by atoms with Crippen LogP contribution in [0.4, 0.5) is 0 Å². The Morgan fingerprint density at radius 1 is 1.31 bits per heavy atom. The fraction of sp³-hybridized carbons (Fsp3) is 0.600. The van der Waals surface area contributed by atoms with Crippen molar-refractivity contribution in [2.75, 3.05) is 7.05 Å². The zero-order chi connectivity index (χ0) is 11.6. The average molecular weight is 217 g/mol. The third kappa shape index (κ3) is 2.15. The van der Waals surface area contributed by atoms with E-state index in [1.807, 2.05) is 0 Å². The molecule has 0 spiro atoms. The molecule has 1 fully saturated rings. The topological polar surface area (TPSA) is 12.0 Å². The zero-order valence-electron chi connectivity index (χ0n) is 10.7. The van der Waals surface area contributed by atoms with Crippen molar-refractivity contribution in [3.8, 4) is 0 Å². The van der Waals surface area contributed by atoms with Crippen molar-refractivity contribution in [2.45, 2.75) is 51.0 Å². The standard InChI is InChI=1S/C15H23N/c1-4-12-5-7-13(8-6-12)15(2)10-9-14(11-15)16-3/h5-8,14,16H,4,9-11H2,1-3H3. The van der Waals surface area contributed by atoms with E-state index < -0.39 is 0 Å². The van der Waals surface area contributed by atoms with E-state index in [9.17, 15) is 0 Å². The average Bonchev–Trinajstić information content (AvgIpc) is 2.73. The molecule has 1 aromatic rings. The zero-order valence-corrected chi connectivity index (χ0v) is 10.7. The van der Waals surface area contributed by atoms with Crippen LogP contribution >= 0.6 is 0 Å². The van der Waals surface area contributed by atoms with Gasteiger partial charge in [0.25, 0.3) is 0 Å². The molecule has 88 valence electrons. The van der Waals surface area contributed by atoms with Crippen molar-refractivity contribution < 1.29 is 0 Å². The smallest absolute Gasteiger partial charge is 0.00727 e. The van der Waals surface area contributed by atoms with E-state index in [4.69, 9.17) is 0 Å². The third-order valence-corrected chi connectivity index (χ3v) is 4.21. The largest absolute Gasteiger partial charge is 0.317 e. The molecule has 1 N–H and O–H groups in total. The summed E-state index contributed by atoms with van der Waals surface area (Å²) in [4.78, 5) is 0. The van der Waals surface area contributed by atoms with Crippen LogP contribution in [0.1, 0.15) is 44.2 Å². The highest BCUT2D eigenvalue weighted by atomic mass is 14.9. The van der Waals surface area contributed by atoms with Crippen LogP contribution in [0, 0.1) is 0 Å². The van der Waals surface area contributed by atoms with Gasteiger partial charge in [-0.25, -0.2) is 0 Å². The van der Waals surface area contributed by atoms with Crippen LogP contribution < -0.4 is 5.32 Å². The minimum atomic E-state index is 0.389. The summed E-state index contributed by atoms with van der Waals surface area (Å²) >= 11 is 0. The molecular weight excluding hydrogens is 194 g/mol. The molecule has 1 nitrogen and oxygen atoms in total.